The van der Waals surface area contributed by atoms with Gasteiger partial charge in [0.1, 0.15) is 0 Å². The van der Waals surface area contributed by atoms with E-state index in [0.717, 1.165) is 18.7 Å². The fourth-order valence-electron chi connectivity index (χ4n) is 2.69. The Kier molecular flexibility index (Phi) is 4.96. The molecular weight excluding hydrogens is 242 g/mol. The van der Waals surface area contributed by atoms with Gasteiger partial charge >= 0.3 is 0 Å². The molecule has 1 aliphatic carbocycles. The van der Waals surface area contributed by atoms with Crippen LogP contribution >= 0.6 is 0 Å². The Bertz CT molecular complexity index is 412. The van der Waals surface area contributed by atoms with Crippen molar-refractivity contribution in [3.8, 4) is 5.88 Å². The molecule has 2 N–H and O–H groups in total. The third-order valence-electron chi connectivity index (χ3n) is 3.70. The van der Waals surface area contributed by atoms with Crippen LogP contribution in [0.15, 0.2) is 6.07 Å². The molecule has 0 aromatic carbocycles. The topological polar surface area (TPSA) is 67.3 Å². The van der Waals surface area contributed by atoms with Gasteiger partial charge in [0.05, 0.1) is 6.61 Å². The molecule has 0 amide bonds. The molecule has 0 aliphatic heterocycles. The second kappa shape index (κ2) is 6.70. The lowest BCUT2D eigenvalue weighted by atomic mass is 9.97. The summed E-state index contributed by atoms with van der Waals surface area (Å²) in [7, 11) is 0. The number of anilines is 1. The molecule has 5 nitrogen and oxygen atoms in total. The minimum Gasteiger partial charge on any atom is -0.478 e. The van der Waals surface area contributed by atoms with Gasteiger partial charge in [0.25, 0.3) is 0 Å². The van der Waals surface area contributed by atoms with Gasteiger partial charge in [-0.15, -0.1) is 0 Å². The van der Waals surface area contributed by atoms with E-state index in [-0.39, 0.29) is 6.61 Å². The molecule has 2 unspecified atom stereocenters. The fourth-order valence-corrected chi connectivity index (χ4v) is 2.69. The number of ether oxygens (including phenoxy) is 1. The first-order chi connectivity index (χ1) is 9.22. The minimum absolute atomic E-state index is 0.283. The van der Waals surface area contributed by atoms with Gasteiger partial charge in [-0.3, -0.25) is 0 Å². The monoisotopic (exact) mass is 265 g/mol. The van der Waals surface area contributed by atoms with E-state index in [9.17, 15) is 5.11 Å². The van der Waals surface area contributed by atoms with E-state index in [1.165, 1.54) is 12.8 Å². The smallest absolute Gasteiger partial charge is 0.226 e. The number of rotatable bonds is 6. The number of hydrogen-bond acceptors (Lipinski definition) is 5. The Balaban J connectivity index is 1.95. The molecule has 0 saturated heterocycles. The highest BCUT2D eigenvalue weighted by Crippen LogP contribution is 2.31. The second-order valence-corrected chi connectivity index (χ2v) is 5.12. The van der Waals surface area contributed by atoms with Crippen molar-refractivity contribution in [1.29, 1.82) is 0 Å². The summed E-state index contributed by atoms with van der Waals surface area (Å²) < 4.78 is 5.41. The van der Waals surface area contributed by atoms with Gasteiger partial charge in [-0.1, -0.05) is 6.42 Å². The van der Waals surface area contributed by atoms with Crippen LogP contribution in [-0.2, 0) is 0 Å². The fraction of sp³-hybridized carbons (Fsp3) is 0.714. The first kappa shape index (κ1) is 14.1. The van der Waals surface area contributed by atoms with E-state index < -0.39 is 0 Å². The summed E-state index contributed by atoms with van der Waals surface area (Å²) in [6, 6.07) is 1.83. The molecule has 5 heteroatoms. The van der Waals surface area contributed by atoms with Crippen molar-refractivity contribution in [3.05, 3.63) is 11.8 Å². The molecule has 2 atom stereocenters. The molecule has 1 aromatic heterocycles. The van der Waals surface area contributed by atoms with Crippen LogP contribution in [0, 0.1) is 18.8 Å². The standard InChI is InChI=1S/C14H23N3O2/c1-3-19-13-7-10(2)16-14(17-13)15-8-11-5-4-6-12(11)9-18/h7,11-12,18H,3-6,8-9H2,1-2H3,(H,15,16,17). The zero-order valence-electron chi connectivity index (χ0n) is 11.7. The zero-order chi connectivity index (χ0) is 13.7. The highest BCUT2D eigenvalue weighted by atomic mass is 16.5. The SMILES string of the molecule is CCOc1cc(C)nc(NCC2CCCC2CO)n1. The van der Waals surface area contributed by atoms with Crippen LogP contribution in [0.1, 0.15) is 31.9 Å². The van der Waals surface area contributed by atoms with Crippen LogP contribution in [0.4, 0.5) is 5.95 Å². The summed E-state index contributed by atoms with van der Waals surface area (Å²) in [5, 5.41) is 12.6. The molecule has 1 saturated carbocycles. The lowest BCUT2D eigenvalue weighted by molar-refractivity contribution is 0.198. The Hall–Kier alpha value is -1.36. The first-order valence-electron chi connectivity index (χ1n) is 7.06. The summed E-state index contributed by atoms with van der Waals surface area (Å²) in [5.41, 5.74) is 0.895. The first-order valence-corrected chi connectivity index (χ1v) is 7.06. The van der Waals surface area contributed by atoms with Crippen LogP contribution in [0.25, 0.3) is 0 Å². The third kappa shape index (κ3) is 3.80. The largest absolute Gasteiger partial charge is 0.478 e. The molecule has 0 spiro atoms. The van der Waals surface area contributed by atoms with Gasteiger partial charge in [0.2, 0.25) is 11.8 Å². The molecule has 0 radical (unpaired) electrons. The van der Waals surface area contributed by atoms with Gasteiger partial charge in [-0.25, -0.2) is 4.98 Å². The highest BCUT2D eigenvalue weighted by molar-refractivity contribution is 5.30. The zero-order valence-corrected chi connectivity index (χ0v) is 11.7. The molecule has 1 fully saturated rings. The van der Waals surface area contributed by atoms with E-state index in [4.69, 9.17) is 4.74 Å². The molecule has 19 heavy (non-hydrogen) atoms. The summed E-state index contributed by atoms with van der Waals surface area (Å²) in [6.07, 6.45) is 3.50. The Morgan fingerprint density at radius 1 is 1.37 bits per heavy atom. The van der Waals surface area contributed by atoms with Crippen molar-refractivity contribution in [1.82, 2.24) is 9.97 Å². The van der Waals surface area contributed by atoms with Gasteiger partial charge in [-0.2, -0.15) is 4.98 Å². The molecule has 2 rings (SSSR count). The van der Waals surface area contributed by atoms with Crippen LogP contribution < -0.4 is 10.1 Å². The van der Waals surface area contributed by atoms with Crippen molar-refractivity contribution in [2.75, 3.05) is 25.1 Å². The normalized spacial score (nSPS) is 22.5. The Morgan fingerprint density at radius 2 is 2.16 bits per heavy atom. The molecule has 1 aromatic rings. The van der Waals surface area contributed by atoms with Crippen LogP contribution in [-0.4, -0.2) is 34.8 Å². The molecule has 0 bridgehead atoms. The summed E-state index contributed by atoms with van der Waals surface area (Å²) in [5.74, 6) is 2.17. The summed E-state index contributed by atoms with van der Waals surface area (Å²) in [6.45, 7) is 5.58. The van der Waals surface area contributed by atoms with Crippen LogP contribution in [0.5, 0.6) is 5.88 Å². The average Bonchev–Trinajstić information content (AvgIpc) is 2.83. The molecule has 106 valence electrons. The maximum atomic E-state index is 9.31. The van der Waals surface area contributed by atoms with E-state index in [2.05, 4.69) is 15.3 Å². The molecular formula is C14H23N3O2. The summed E-state index contributed by atoms with van der Waals surface area (Å²) in [4.78, 5) is 8.69. The number of aryl methyl sites for hydroxylation is 1. The number of aliphatic hydroxyl groups is 1. The quantitative estimate of drug-likeness (QED) is 0.823. The number of hydrogen-bond donors (Lipinski definition) is 2. The Morgan fingerprint density at radius 3 is 2.89 bits per heavy atom. The van der Waals surface area contributed by atoms with Crippen LogP contribution in [0.3, 0.4) is 0 Å². The lowest BCUT2D eigenvalue weighted by Gasteiger charge is -2.18. The predicted molar refractivity (Wildman–Crippen MR) is 74.3 cm³/mol. The predicted octanol–water partition coefficient (Wildman–Crippen LogP) is 2.00. The van der Waals surface area contributed by atoms with Crippen molar-refractivity contribution in [2.45, 2.75) is 33.1 Å². The van der Waals surface area contributed by atoms with Crippen molar-refractivity contribution in [2.24, 2.45) is 11.8 Å². The molecule has 1 heterocycles. The van der Waals surface area contributed by atoms with Gasteiger partial charge in [0, 0.05) is 24.9 Å². The maximum absolute atomic E-state index is 9.31. The van der Waals surface area contributed by atoms with E-state index in [0.29, 0.717) is 30.3 Å². The number of aliphatic hydroxyl groups excluding tert-OH is 1. The lowest BCUT2D eigenvalue weighted by Crippen LogP contribution is -2.21. The number of aromatic nitrogens is 2. The van der Waals surface area contributed by atoms with Gasteiger partial charge in [0.15, 0.2) is 0 Å². The van der Waals surface area contributed by atoms with E-state index in [1.807, 2.05) is 19.9 Å². The van der Waals surface area contributed by atoms with Crippen LogP contribution in [0.2, 0.25) is 0 Å². The van der Waals surface area contributed by atoms with Gasteiger partial charge in [-0.05, 0) is 38.5 Å². The van der Waals surface area contributed by atoms with Crippen molar-refractivity contribution < 1.29 is 9.84 Å². The van der Waals surface area contributed by atoms with Crippen molar-refractivity contribution >= 4 is 5.95 Å². The summed E-state index contributed by atoms with van der Waals surface area (Å²) >= 11 is 0. The Labute approximate surface area is 114 Å². The van der Waals surface area contributed by atoms with E-state index in [1.54, 1.807) is 0 Å². The highest BCUT2D eigenvalue weighted by Gasteiger charge is 2.26. The molecule has 1 aliphatic rings. The number of nitrogens with one attached hydrogen (secondary N) is 1. The third-order valence-corrected chi connectivity index (χ3v) is 3.70. The van der Waals surface area contributed by atoms with E-state index >= 15 is 0 Å². The second-order valence-electron chi connectivity index (χ2n) is 5.12. The van der Waals surface area contributed by atoms with Gasteiger partial charge < -0.3 is 15.2 Å². The number of nitrogens with zero attached hydrogens (tertiary/aromatic N) is 2. The average molecular weight is 265 g/mol. The van der Waals surface area contributed by atoms with Crippen molar-refractivity contribution in [3.63, 3.8) is 0 Å². The minimum atomic E-state index is 0.283. The maximum Gasteiger partial charge on any atom is 0.226 e.